The average Bonchev–Trinajstić information content (AvgIpc) is 2.24. The standard InChI is InChI=1S/C10H25NO4Si/c1-4-14-16(3,9-5-7-12)15-10(2)11-6-8-13/h10-13H,4-9H2,1-3H3. The summed E-state index contributed by atoms with van der Waals surface area (Å²) in [6.07, 6.45) is 0.573. The number of hydrogen-bond acceptors (Lipinski definition) is 5. The Balaban J connectivity index is 4.07. The van der Waals surface area contributed by atoms with Gasteiger partial charge in [-0.2, -0.15) is 0 Å². The molecule has 0 bridgehead atoms. The smallest absolute Gasteiger partial charge is 0.336 e. The van der Waals surface area contributed by atoms with E-state index in [-0.39, 0.29) is 19.4 Å². The van der Waals surface area contributed by atoms with E-state index in [1.165, 1.54) is 0 Å². The lowest BCUT2D eigenvalue weighted by Crippen LogP contribution is -2.46. The molecule has 98 valence electrons. The Morgan fingerprint density at radius 2 is 2.00 bits per heavy atom. The van der Waals surface area contributed by atoms with E-state index >= 15 is 0 Å². The maximum absolute atomic E-state index is 8.84. The third kappa shape index (κ3) is 7.32. The van der Waals surface area contributed by atoms with Gasteiger partial charge in [-0.25, -0.2) is 0 Å². The topological polar surface area (TPSA) is 71.0 Å². The average molecular weight is 251 g/mol. The number of aliphatic hydroxyl groups is 2. The van der Waals surface area contributed by atoms with E-state index < -0.39 is 8.56 Å². The number of aliphatic hydroxyl groups excluding tert-OH is 2. The van der Waals surface area contributed by atoms with E-state index in [1.807, 2.05) is 20.4 Å². The van der Waals surface area contributed by atoms with Crippen LogP contribution in [0.25, 0.3) is 0 Å². The van der Waals surface area contributed by atoms with Crippen LogP contribution in [-0.2, 0) is 8.85 Å². The normalized spacial score (nSPS) is 17.1. The Labute approximate surface area is 99.0 Å². The Hall–Kier alpha value is 0.0169. The summed E-state index contributed by atoms with van der Waals surface area (Å²) in [6, 6.07) is 0.780. The monoisotopic (exact) mass is 251 g/mol. The molecule has 0 aromatic carbocycles. The zero-order valence-electron chi connectivity index (χ0n) is 10.5. The van der Waals surface area contributed by atoms with Crippen molar-refractivity contribution < 1.29 is 19.1 Å². The zero-order chi connectivity index (χ0) is 12.4. The minimum Gasteiger partial charge on any atom is -0.396 e. The number of nitrogens with one attached hydrogen (secondary N) is 1. The van der Waals surface area contributed by atoms with Crippen LogP contribution in [0.4, 0.5) is 0 Å². The lowest BCUT2D eigenvalue weighted by atomic mass is 10.5. The number of hydrogen-bond donors (Lipinski definition) is 3. The number of rotatable bonds is 10. The molecule has 0 rings (SSSR count). The van der Waals surface area contributed by atoms with Gasteiger partial charge in [-0.3, -0.25) is 5.32 Å². The van der Waals surface area contributed by atoms with Crippen LogP contribution in [0.1, 0.15) is 20.3 Å². The SMILES string of the molecule is CCO[Si](C)(CCCO)OC(C)NCCO. The molecular formula is C10H25NO4Si. The molecule has 2 atom stereocenters. The minimum atomic E-state index is -2.19. The van der Waals surface area contributed by atoms with Gasteiger partial charge in [0, 0.05) is 19.8 Å². The molecule has 3 N–H and O–H groups in total. The summed E-state index contributed by atoms with van der Waals surface area (Å²) in [4.78, 5) is 0. The van der Waals surface area contributed by atoms with Gasteiger partial charge >= 0.3 is 8.56 Å². The fourth-order valence-electron chi connectivity index (χ4n) is 1.55. The van der Waals surface area contributed by atoms with E-state index in [2.05, 4.69) is 5.32 Å². The summed E-state index contributed by atoms with van der Waals surface area (Å²) in [5.41, 5.74) is 0. The predicted molar refractivity (Wildman–Crippen MR) is 65.4 cm³/mol. The molecule has 0 fully saturated rings. The van der Waals surface area contributed by atoms with Gasteiger partial charge in [0.25, 0.3) is 0 Å². The van der Waals surface area contributed by atoms with Gasteiger partial charge in [-0.1, -0.05) is 0 Å². The van der Waals surface area contributed by atoms with E-state index in [1.54, 1.807) is 0 Å². The highest BCUT2D eigenvalue weighted by Gasteiger charge is 2.32. The molecule has 0 aliphatic carbocycles. The molecule has 0 aromatic heterocycles. The molecule has 0 aliphatic rings. The van der Waals surface area contributed by atoms with E-state index in [0.717, 1.165) is 6.04 Å². The van der Waals surface area contributed by atoms with Crippen LogP contribution in [0, 0.1) is 0 Å². The maximum Gasteiger partial charge on any atom is 0.336 e. The van der Waals surface area contributed by atoms with Gasteiger partial charge in [0.2, 0.25) is 0 Å². The maximum atomic E-state index is 8.84. The van der Waals surface area contributed by atoms with E-state index in [4.69, 9.17) is 19.1 Å². The molecule has 0 amide bonds. The third-order valence-electron chi connectivity index (χ3n) is 2.21. The highest BCUT2D eigenvalue weighted by atomic mass is 28.4. The summed E-state index contributed by atoms with van der Waals surface area (Å²) < 4.78 is 11.6. The Kier molecular flexibility index (Phi) is 9.10. The molecule has 0 spiro atoms. The first-order valence-electron chi connectivity index (χ1n) is 5.85. The van der Waals surface area contributed by atoms with Crippen molar-refractivity contribution in [3.63, 3.8) is 0 Å². The van der Waals surface area contributed by atoms with Gasteiger partial charge < -0.3 is 19.1 Å². The minimum absolute atomic E-state index is 0.0945. The first-order valence-corrected chi connectivity index (χ1v) is 8.37. The van der Waals surface area contributed by atoms with E-state index in [0.29, 0.717) is 19.6 Å². The second kappa shape index (κ2) is 9.09. The predicted octanol–water partition coefficient (Wildman–Crippen LogP) is 0.422. The molecule has 6 heteroatoms. The summed E-state index contributed by atoms with van der Waals surface area (Å²) in [6.45, 7) is 7.24. The molecule has 0 saturated heterocycles. The van der Waals surface area contributed by atoms with Crippen molar-refractivity contribution >= 4 is 8.56 Å². The van der Waals surface area contributed by atoms with Gasteiger partial charge in [-0.05, 0) is 32.9 Å². The van der Waals surface area contributed by atoms with Crippen LogP contribution in [0.15, 0.2) is 0 Å². The van der Waals surface area contributed by atoms with Gasteiger partial charge in [0.15, 0.2) is 0 Å². The lowest BCUT2D eigenvalue weighted by molar-refractivity contribution is 0.102. The van der Waals surface area contributed by atoms with Crippen molar-refractivity contribution in [2.24, 2.45) is 0 Å². The zero-order valence-corrected chi connectivity index (χ0v) is 11.5. The van der Waals surface area contributed by atoms with Crippen molar-refractivity contribution in [2.75, 3.05) is 26.4 Å². The Bertz CT molecular complexity index is 173. The van der Waals surface area contributed by atoms with Crippen molar-refractivity contribution in [3.8, 4) is 0 Å². The molecule has 0 heterocycles. The van der Waals surface area contributed by atoms with Crippen molar-refractivity contribution in [3.05, 3.63) is 0 Å². The molecule has 0 radical (unpaired) electrons. The fourth-order valence-corrected chi connectivity index (χ4v) is 4.13. The van der Waals surface area contributed by atoms with Crippen LogP contribution in [-0.4, -0.2) is 51.4 Å². The van der Waals surface area contributed by atoms with Crippen LogP contribution in [0.3, 0.4) is 0 Å². The molecule has 5 nitrogen and oxygen atoms in total. The fraction of sp³-hybridized carbons (Fsp3) is 1.00. The summed E-state index contributed by atoms with van der Waals surface area (Å²) in [7, 11) is -2.19. The lowest BCUT2D eigenvalue weighted by Gasteiger charge is -2.30. The Morgan fingerprint density at radius 3 is 2.50 bits per heavy atom. The van der Waals surface area contributed by atoms with Crippen molar-refractivity contribution in [2.45, 2.75) is 39.1 Å². The van der Waals surface area contributed by atoms with Crippen molar-refractivity contribution in [1.29, 1.82) is 0 Å². The molecular weight excluding hydrogens is 226 g/mol. The van der Waals surface area contributed by atoms with Gasteiger partial charge in [0.1, 0.15) is 0 Å². The first-order chi connectivity index (χ1) is 7.58. The highest BCUT2D eigenvalue weighted by molar-refractivity contribution is 6.66. The van der Waals surface area contributed by atoms with Crippen LogP contribution >= 0.6 is 0 Å². The Morgan fingerprint density at radius 1 is 1.31 bits per heavy atom. The quantitative estimate of drug-likeness (QED) is 0.388. The third-order valence-corrected chi connectivity index (χ3v) is 5.22. The van der Waals surface area contributed by atoms with Gasteiger partial charge in [0.05, 0.1) is 12.8 Å². The summed E-state index contributed by atoms with van der Waals surface area (Å²) in [5, 5.41) is 20.6. The first kappa shape index (κ1) is 16.0. The molecule has 0 saturated carbocycles. The second-order valence-electron chi connectivity index (χ2n) is 3.83. The van der Waals surface area contributed by atoms with Crippen LogP contribution < -0.4 is 5.32 Å². The summed E-state index contributed by atoms with van der Waals surface area (Å²) >= 11 is 0. The van der Waals surface area contributed by atoms with Gasteiger partial charge in [-0.15, -0.1) is 0 Å². The van der Waals surface area contributed by atoms with Crippen LogP contribution in [0.5, 0.6) is 0 Å². The second-order valence-corrected chi connectivity index (χ2v) is 7.12. The van der Waals surface area contributed by atoms with E-state index in [9.17, 15) is 0 Å². The molecule has 16 heavy (non-hydrogen) atoms. The molecule has 0 aromatic rings. The molecule has 0 aliphatic heterocycles. The summed E-state index contributed by atoms with van der Waals surface area (Å²) in [5.74, 6) is 0. The highest BCUT2D eigenvalue weighted by Crippen LogP contribution is 2.17. The van der Waals surface area contributed by atoms with Crippen LogP contribution in [0.2, 0.25) is 12.6 Å². The largest absolute Gasteiger partial charge is 0.396 e. The molecule has 2 unspecified atom stereocenters. The van der Waals surface area contributed by atoms with Crippen molar-refractivity contribution in [1.82, 2.24) is 5.32 Å².